The summed E-state index contributed by atoms with van der Waals surface area (Å²) in [4.78, 5) is 17.1. The highest BCUT2D eigenvalue weighted by Gasteiger charge is 2.19. The molecule has 0 saturated carbocycles. The van der Waals surface area contributed by atoms with E-state index in [1.54, 1.807) is 13.2 Å². The van der Waals surface area contributed by atoms with Crippen LogP contribution in [0.25, 0.3) is 0 Å². The minimum Gasteiger partial charge on any atom is -0.497 e. The van der Waals surface area contributed by atoms with Crippen LogP contribution >= 0.6 is 0 Å². The van der Waals surface area contributed by atoms with E-state index in [0.29, 0.717) is 18.8 Å². The smallest absolute Gasteiger partial charge is 0.287 e. The largest absolute Gasteiger partial charge is 0.497 e. The number of amides is 1. The Bertz CT molecular complexity index is 1020. The molecule has 0 atom stereocenters. The fourth-order valence-corrected chi connectivity index (χ4v) is 3.87. The Labute approximate surface area is 183 Å². The number of nitrogens with zero attached hydrogens (tertiary/aromatic N) is 2. The van der Waals surface area contributed by atoms with Crippen molar-refractivity contribution < 1.29 is 13.9 Å². The topological polar surface area (TPSA) is 58.0 Å². The van der Waals surface area contributed by atoms with Crippen molar-refractivity contribution in [2.75, 3.05) is 38.2 Å². The summed E-state index contributed by atoms with van der Waals surface area (Å²) < 4.78 is 11.2. The zero-order valence-electron chi connectivity index (χ0n) is 18.1. The van der Waals surface area contributed by atoms with Crippen LogP contribution in [0.4, 0.5) is 5.69 Å². The van der Waals surface area contributed by atoms with Gasteiger partial charge in [0, 0.05) is 44.5 Å². The lowest BCUT2D eigenvalue weighted by Gasteiger charge is -2.35. The van der Waals surface area contributed by atoms with Gasteiger partial charge >= 0.3 is 0 Å². The Kier molecular flexibility index (Phi) is 6.57. The molecule has 6 heteroatoms. The Morgan fingerprint density at radius 2 is 1.84 bits per heavy atom. The van der Waals surface area contributed by atoms with Crippen molar-refractivity contribution in [2.45, 2.75) is 20.0 Å². The molecule has 1 aliphatic heterocycles. The molecule has 162 valence electrons. The van der Waals surface area contributed by atoms with Crippen LogP contribution in [0.15, 0.2) is 65.1 Å². The fourth-order valence-electron chi connectivity index (χ4n) is 3.87. The van der Waals surface area contributed by atoms with Crippen molar-refractivity contribution in [2.24, 2.45) is 0 Å². The second-order valence-corrected chi connectivity index (χ2v) is 7.90. The van der Waals surface area contributed by atoms with Crippen LogP contribution in [0.1, 0.15) is 27.4 Å². The maximum Gasteiger partial charge on any atom is 0.287 e. The number of benzene rings is 2. The summed E-state index contributed by atoms with van der Waals surface area (Å²) in [5.74, 6) is 1.87. The van der Waals surface area contributed by atoms with Crippen molar-refractivity contribution in [3.63, 3.8) is 0 Å². The summed E-state index contributed by atoms with van der Waals surface area (Å²) in [6.07, 6.45) is 0. The van der Waals surface area contributed by atoms with Crippen LogP contribution in [0.3, 0.4) is 0 Å². The molecule has 1 N–H and O–H groups in total. The molecule has 2 aromatic carbocycles. The Morgan fingerprint density at radius 1 is 1.03 bits per heavy atom. The van der Waals surface area contributed by atoms with Crippen molar-refractivity contribution >= 4 is 11.6 Å². The van der Waals surface area contributed by atoms with Gasteiger partial charge in [-0.3, -0.25) is 9.69 Å². The van der Waals surface area contributed by atoms with Crippen molar-refractivity contribution in [1.29, 1.82) is 0 Å². The summed E-state index contributed by atoms with van der Waals surface area (Å²) in [5, 5.41) is 2.93. The number of furan rings is 1. The molecule has 3 aromatic rings. The first-order chi connectivity index (χ1) is 15.1. The number of methoxy groups -OCH3 is 1. The van der Waals surface area contributed by atoms with Gasteiger partial charge in [-0.2, -0.15) is 0 Å². The van der Waals surface area contributed by atoms with Gasteiger partial charge in [0.25, 0.3) is 5.91 Å². The second-order valence-electron chi connectivity index (χ2n) is 7.90. The molecule has 0 bridgehead atoms. The van der Waals surface area contributed by atoms with Crippen molar-refractivity contribution in [3.8, 4) is 5.75 Å². The molecule has 2 heterocycles. The second kappa shape index (κ2) is 9.71. The van der Waals surface area contributed by atoms with E-state index in [9.17, 15) is 4.79 Å². The van der Waals surface area contributed by atoms with Gasteiger partial charge in [0.05, 0.1) is 13.7 Å². The minimum atomic E-state index is -0.185. The zero-order valence-corrected chi connectivity index (χ0v) is 18.1. The van der Waals surface area contributed by atoms with Crippen LogP contribution in [0.5, 0.6) is 5.75 Å². The number of piperazine rings is 1. The maximum atomic E-state index is 12.4. The number of carbonyl (C=O) groups is 1. The first-order valence-electron chi connectivity index (χ1n) is 10.6. The first-order valence-corrected chi connectivity index (χ1v) is 10.6. The summed E-state index contributed by atoms with van der Waals surface area (Å²) in [7, 11) is 1.69. The number of rotatable bonds is 7. The molecule has 6 nitrogen and oxygen atoms in total. The van der Waals surface area contributed by atoms with Gasteiger partial charge in [0.1, 0.15) is 11.5 Å². The van der Waals surface area contributed by atoms with E-state index in [-0.39, 0.29) is 5.91 Å². The van der Waals surface area contributed by atoms with E-state index >= 15 is 0 Å². The van der Waals surface area contributed by atoms with Crippen LogP contribution in [-0.2, 0) is 13.1 Å². The molecular weight excluding hydrogens is 390 g/mol. The minimum absolute atomic E-state index is 0.185. The predicted molar refractivity (Wildman–Crippen MR) is 122 cm³/mol. The Hall–Kier alpha value is -3.25. The summed E-state index contributed by atoms with van der Waals surface area (Å²) in [5.41, 5.74) is 3.44. The average molecular weight is 420 g/mol. The maximum absolute atomic E-state index is 12.4. The lowest BCUT2D eigenvalue weighted by atomic mass is 10.1. The number of hydrogen-bond donors (Lipinski definition) is 1. The van der Waals surface area contributed by atoms with Crippen LogP contribution in [0.2, 0.25) is 0 Å². The standard InChI is InChI=1S/C25H29N3O3/c1-19-5-3-6-20(15-19)17-26-25(29)24-10-9-23(31-24)18-27-11-13-28(14-12-27)21-7-4-8-22(16-21)30-2/h3-10,15-16H,11-14,17-18H2,1-2H3,(H,26,29). The van der Waals surface area contributed by atoms with Gasteiger partial charge in [0.2, 0.25) is 0 Å². The molecule has 0 aliphatic carbocycles. The zero-order chi connectivity index (χ0) is 21.6. The molecule has 1 aliphatic rings. The number of ether oxygens (including phenoxy) is 1. The van der Waals surface area contributed by atoms with E-state index in [0.717, 1.165) is 43.3 Å². The number of nitrogens with one attached hydrogen (secondary N) is 1. The average Bonchev–Trinajstić information content (AvgIpc) is 3.27. The highest BCUT2D eigenvalue weighted by atomic mass is 16.5. The lowest BCUT2D eigenvalue weighted by Crippen LogP contribution is -2.45. The van der Waals surface area contributed by atoms with Crippen molar-refractivity contribution in [3.05, 3.63) is 83.3 Å². The van der Waals surface area contributed by atoms with E-state index in [1.165, 1.54) is 11.3 Å². The first kappa shape index (κ1) is 21.0. The van der Waals surface area contributed by atoms with Crippen LogP contribution < -0.4 is 15.0 Å². The fraction of sp³-hybridized carbons (Fsp3) is 0.320. The Morgan fingerprint density at radius 3 is 2.61 bits per heavy atom. The number of hydrogen-bond acceptors (Lipinski definition) is 5. The number of anilines is 1. The highest BCUT2D eigenvalue weighted by Crippen LogP contribution is 2.22. The van der Waals surface area contributed by atoms with Gasteiger partial charge in [-0.25, -0.2) is 0 Å². The summed E-state index contributed by atoms with van der Waals surface area (Å²) >= 11 is 0. The predicted octanol–water partition coefficient (Wildman–Crippen LogP) is 3.85. The Balaban J connectivity index is 1.27. The van der Waals surface area contributed by atoms with Gasteiger partial charge in [-0.1, -0.05) is 35.9 Å². The molecule has 1 saturated heterocycles. The van der Waals surface area contributed by atoms with Crippen LogP contribution in [-0.4, -0.2) is 44.1 Å². The molecule has 1 fully saturated rings. The third kappa shape index (κ3) is 5.47. The van der Waals surface area contributed by atoms with Gasteiger partial charge < -0.3 is 19.4 Å². The SMILES string of the molecule is COc1cccc(N2CCN(Cc3ccc(C(=O)NCc4cccc(C)c4)o3)CC2)c1. The van der Waals surface area contributed by atoms with Gasteiger partial charge in [-0.05, 0) is 36.8 Å². The summed E-state index contributed by atoms with van der Waals surface area (Å²) in [6, 6.07) is 19.9. The highest BCUT2D eigenvalue weighted by molar-refractivity contribution is 5.91. The third-order valence-electron chi connectivity index (χ3n) is 5.59. The number of carbonyl (C=O) groups excluding carboxylic acids is 1. The van der Waals surface area contributed by atoms with E-state index < -0.39 is 0 Å². The number of aryl methyl sites for hydroxylation is 1. The van der Waals surface area contributed by atoms with Gasteiger partial charge in [0.15, 0.2) is 5.76 Å². The van der Waals surface area contributed by atoms with E-state index in [4.69, 9.17) is 9.15 Å². The quantitative estimate of drug-likeness (QED) is 0.630. The molecular formula is C25H29N3O3. The normalized spacial score (nSPS) is 14.5. The third-order valence-corrected chi connectivity index (χ3v) is 5.59. The summed E-state index contributed by atoms with van der Waals surface area (Å²) in [6.45, 7) is 7.00. The molecule has 1 aromatic heterocycles. The molecule has 0 spiro atoms. The van der Waals surface area contributed by atoms with E-state index in [1.807, 2.05) is 43.3 Å². The molecule has 4 rings (SSSR count). The molecule has 1 amide bonds. The van der Waals surface area contributed by atoms with Crippen molar-refractivity contribution in [1.82, 2.24) is 10.2 Å². The van der Waals surface area contributed by atoms with E-state index in [2.05, 4.69) is 33.3 Å². The monoisotopic (exact) mass is 419 g/mol. The molecule has 0 radical (unpaired) electrons. The van der Waals surface area contributed by atoms with Crippen LogP contribution in [0, 0.1) is 6.92 Å². The molecule has 31 heavy (non-hydrogen) atoms. The van der Waals surface area contributed by atoms with Gasteiger partial charge in [-0.15, -0.1) is 0 Å². The lowest BCUT2D eigenvalue weighted by molar-refractivity contribution is 0.0919. The molecule has 0 unspecified atom stereocenters.